The predicted octanol–water partition coefficient (Wildman–Crippen LogP) is 5.11. The van der Waals surface area contributed by atoms with E-state index >= 15 is 0 Å². The van der Waals surface area contributed by atoms with E-state index in [9.17, 15) is 4.79 Å². The molecule has 0 unspecified atom stereocenters. The van der Waals surface area contributed by atoms with Crippen LogP contribution in [0.1, 0.15) is 84.0 Å². The standard InChI is InChI=1S/C19H32O2/c1-2-3-4-5-6-7-18(20)21-14-19-11-15-8-16(12-19)10-17(9-15)13-19/h15-17H,2-14H2,1H3. The molecule has 4 saturated carbocycles. The van der Waals surface area contributed by atoms with Crippen molar-refractivity contribution < 1.29 is 9.53 Å². The Balaban J connectivity index is 1.38. The van der Waals surface area contributed by atoms with Crippen LogP contribution in [0.15, 0.2) is 0 Å². The third-order valence-corrected chi connectivity index (χ3v) is 6.19. The van der Waals surface area contributed by atoms with E-state index in [-0.39, 0.29) is 5.97 Å². The largest absolute Gasteiger partial charge is 0.465 e. The second-order valence-electron chi connectivity index (χ2n) is 8.24. The molecule has 2 heteroatoms. The van der Waals surface area contributed by atoms with E-state index in [1.807, 2.05) is 0 Å². The number of rotatable bonds is 8. The fourth-order valence-electron chi connectivity index (χ4n) is 5.65. The second kappa shape index (κ2) is 6.71. The first-order chi connectivity index (χ1) is 10.2. The normalized spacial score (nSPS) is 36.9. The van der Waals surface area contributed by atoms with E-state index in [1.54, 1.807) is 0 Å². The van der Waals surface area contributed by atoms with Gasteiger partial charge < -0.3 is 4.74 Å². The molecule has 4 fully saturated rings. The Morgan fingerprint density at radius 3 is 2.10 bits per heavy atom. The van der Waals surface area contributed by atoms with Crippen molar-refractivity contribution in [2.24, 2.45) is 23.2 Å². The summed E-state index contributed by atoms with van der Waals surface area (Å²) in [5.41, 5.74) is 0.382. The quantitative estimate of drug-likeness (QED) is 0.459. The highest BCUT2D eigenvalue weighted by Crippen LogP contribution is 2.60. The molecule has 0 aliphatic heterocycles. The summed E-state index contributed by atoms with van der Waals surface area (Å²) in [5, 5.41) is 0. The molecule has 0 heterocycles. The minimum Gasteiger partial charge on any atom is -0.465 e. The van der Waals surface area contributed by atoms with Crippen LogP contribution >= 0.6 is 0 Å². The average molecular weight is 292 g/mol. The summed E-state index contributed by atoms with van der Waals surface area (Å²) in [5.74, 6) is 2.90. The van der Waals surface area contributed by atoms with Gasteiger partial charge >= 0.3 is 5.97 Å². The van der Waals surface area contributed by atoms with Gasteiger partial charge in [0, 0.05) is 11.8 Å². The lowest BCUT2D eigenvalue weighted by Crippen LogP contribution is -2.48. The number of hydrogen-bond donors (Lipinski definition) is 0. The number of esters is 1. The molecule has 0 spiro atoms. The van der Waals surface area contributed by atoms with Crippen LogP contribution in [0.2, 0.25) is 0 Å². The Bertz CT molecular complexity index is 325. The number of carbonyl (C=O) groups excluding carboxylic acids is 1. The second-order valence-corrected chi connectivity index (χ2v) is 8.24. The number of unbranched alkanes of at least 4 members (excludes halogenated alkanes) is 4. The van der Waals surface area contributed by atoms with E-state index in [4.69, 9.17) is 4.74 Å². The average Bonchev–Trinajstić information content (AvgIpc) is 2.44. The smallest absolute Gasteiger partial charge is 0.305 e. The van der Waals surface area contributed by atoms with Crippen LogP contribution in [-0.2, 0) is 9.53 Å². The SMILES string of the molecule is CCCCCCCC(=O)OCC12CC3CC(CC(C3)C1)C2. The van der Waals surface area contributed by atoms with Gasteiger partial charge in [-0.25, -0.2) is 0 Å². The van der Waals surface area contributed by atoms with Gasteiger partial charge in [0.2, 0.25) is 0 Å². The minimum atomic E-state index is 0.0576. The molecule has 4 aliphatic rings. The van der Waals surface area contributed by atoms with E-state index < -0.39 is 0 Å². The maximum atomic E-state index is 11.9. The van der Waals surface area contributed by atoms with E-state index in [2.05, 4.69) is 6.92 Å². The van der Waals surface area contributed by atoms with Crippen LogP contribution in [0.3, 0.4) is 0 Å². The molecule has 0 N–H and O–H groups in total. The first-order valence-corrected chi connectivity index (χ1v) is 9.35. The van der Waals surface area contributed by atoms with Crippen LogP contribution in [0.4, 0.5) is 0 Å². The molecular formula is C19H32O2. The lowest BCUT2D eigenvalue weighted by atomic mass is 9.50. The summed E-state index contributed by atoms with van der Waals surface area (Å²) in [7, 11) is 0. The van der Waals surface area contributed by atoms with E-state index in [0.29, 0.717) is 11.8 Å². The van der Waals surface area contributed by atoms with Gasteiger partial charge in [-0.15, -0.1) is 0 Å². The molecule has 4 bridgehead atoms. The lowest BCUT2D eigenvalue weighted by Gasteiger charge is -2.56. The predicted molar refractivity (Wildman–Crippen MR) is 84.9 cm³/mol. The lowest BCUT2D eigenvalue weighted by molar-refractivity contribution is -0.155. The van der Waals surface area contributed by atoms with Crippen LogP contribution in [0, 0.1) is 23.2 Å². The van der Waals surface area contributed by atoms with Gasteiger partial charge in [0.25, 0.3) is 0 Å². The number of hydrogen-bond acceptors (Lipinski definition) is 2. The Kier molecular flexibility index (Phi) is 4.91. The molecule has 2 nitrogen and oxygen atoms in total. The van der Waals surface area contributed by atoms with Crippen molar-refractivity contribution in [1.29, 1.82) is 0 Å². The van der Waals surface area contributed by atoms with Gasteiger partial charge in [-0.2, -0.15) is 0 Å². The molecule has 0 aromatic heterocycles. The highest BCUT2D eigenvalue weighted by atomic mass is 16.5. The van der Waals surface area contributed by atoms with Crippen LogP contribution < -0.4 is 0 Å². The molecule has 0 radical (unpaired) electrons. The first-order valence-electron chi connectivity index (χ1n) is 9.35. The van der Waals surface area contributed by atoms with Gasteiger partial charge in [0.05, 0.1) is 6.61 Å². The fraction of sp³-hybridized carbons (Fsp3) is 0.947. The minimum absolute atomic E-state index is 0.0576. The van der Waals surface area contributed by atoms with Crippen molar-refractivity contribution in [3.63, 3.8) is 0 Å². The highest BCUT2D eigenvalue weighted by molar-refractivity contribution is 5.69. The highest BCUT2D eigenvalue weighted by Gasteiger charge is 2.51. The molecule has 0 aromatic rings. The topological polar surface area (TPSA) is 26.3 Å². The molecule has 4 aliphatic carbocycles. The van der Waals surface area contributed by atoms with Gasteiger partial charge in [-0.1, -0.05) is 32.6 Å². The summed E-state index contributed by atoms with van der Waals surface area (Å²) >= 11 is 0. The number of carbonyl (C=O) groups is 1. The Morgan fingerprint density at radius 1 is 0.952 bits per heavy atom. The van der Waals surface area contributed by atoms with Crippen molar-refractivity contribution >= 4 is 5.97 Å². The first kappa shape index (κ1) is 15.4. The van der Waals surface area contributed by atoms with Gasteiger partial charge in [0.15, 0.2) is 0 Å². The summed E-state index contributed by atoms with van der Waals surface area (Å²) in [6.45, 7) is 2.95. The molecule has 4 rings (SSSR count). The maximum Gasteiger partial charge on any atom is 0.305 e. The summed E-state index contributed by atoms with van der Waals surface area (Å²) in [6, 6.07) is 0. The molecular weight excluding hydrogens is 260 g/mol. The van der Waals surface area contributed by atoms with Gasteiger partial charge in [-0.05, 0) is 62.7 Å². The zero-order chi connectivity index (χ0) is 14.7. The Labute approximate surface area is 130 Å². The molecule has 0 amide bonds. The van der Waals surface area contributed by atoms with Crippen LogP contribution in [-0.4, -0.2) is 12.6 Å². The van der Waals surface area contributed by atoms with Crippen molar-refractivity contribution in [3.05, 3.63) is 0 Å². The van der Waals surface area contributed by atoms with Crippen LogP contribution in [0.5, 0.6) is 0 Å². The summed E-state index contributed by atoms with van der Waals surface area (Å²) in [6.07, 6.45) is 15.0. The Morgan fingerprint density at radius 2 is 1.52 bits per heavy atom. The maximum absolute atomic E-state index is 11.9. The van der Waals surface area contributed by atoms with Crippen molar-refractivity contribution in [3.8, 4) is 0 Å². The van der Waals surface area contributed by atoms with Gasteiger partial charge in [0.1, 0.15) is 0 Å². The zero-order valence-electron chi connectivity index (χ0n) is 13.7. The number of ether oxygens (including phenoxy) is 1. The molecule has 21 heavy (non-hydrogen) atoms. The monoisotopic (exact) mass is 292 g/mol. The van der Waals surface area contributed by atoms with Crippen molar-refractivity contribution in [1.82, 2.24) is 0 Å². The third-order valence-electron chi connectivity index (χ3n) is 6.19. The van der Waals surface area contributed by atoms with E-state index in [0.717, 1.165) is 30.8 Å². The Hall–Kier alpha value is -0.530. The summed E-state index contributed by atoms with van der Waals surface area (Å²) < 4.78 is 5.69. The van der Waals surface area contributed by atoms with Crippen molar-refractivity contribution in [2.75, 3.05) is 6.61 Å². The van der Waals surface area contributed by atoms with Gasteiger partial charge in [-0.3, -0.25) is 4.79 Å². The molecule has 0 aromatic carbocycles. The van der Waals surface area contributed by atoms with E-state index in [1.165, 1.54) is 64.2 Å². The molecule has 0 atom stereocenters. The third kappa shape index (κ3) is 3.81. The van der Waals surface area contributed by atoms with Crippen molar-refractivity contribution in [2.45, 2.75) is 84.0 Å². The fourth-order valence-corrected chi connectivity index (χ4v) is 5.65. The zero-order valence-corrected chi connectivity index (χ0v) is 13.7. The molecule has 0 saturated heterocycles. The van der Waals surface area contributed by atoms with Crippen LogP contribution in [0.25, 0.3) is 0 Å². The summed E-state index contributed by atoms with van der Waals surface area (Å²) in [4.78, 5) is 11.9. The molecule has 120 valence electrons.